The first-order valence-corrected chi connectivity index (χ1v) is 9.63. The van der Waals surface area contributed by atoms with Crippen LogP contribution in [0.4, 0.5) is 5.95 Å². The van der Waals surface area contributed by atoms with Gasteiger partial charge in [-0.15, -0.1) is 5.10 Å². The zero-order valence-electron chi connectivity index (χ0n) is 16.3. The van der Waals surface area contributed by atoms with E-state index in [1.807, 2.05) is 6.92 Å². The molecule has 1 saturated carbocycles. The van der Waals surface area contributed by atoms with Crippen molar-refractivity contribution in [2.24, 2.45) is 4.99 Å². The first-order valence-electron chi connectivity index (χ1n) is 9.25. The minimum Gasteiger partial charge on any atom is -0.367 e. The summed E-state index contributed by atoms with van der Waals surface area (Å²) in [5, 5.41) is 18.9. The number of halogens is 1. The monoisotopic (exact) mass is 414 g/mol. The van der Waals surface area contributed by atoms with Crippen LogP contribution in [0.1, 0.15) is 31.9 Å². The number of rotatable bonds is 7. The van der Waals surface area contributed by atoms with Gasteiger partial charge < -0.3 is 10.6 Å². The van der Waals surface area contributed by atoms with Crippen molar-refractivity contribution < 1.29 is 0 Å². The van der Waals surface area contributed by atoms with Gasteiger partial charge in [-0.3, -0.25) is 4.79 Å². The molecule has 0 saturated heterocycles. The van der Waals surface area contributed by atoms with Crippen LogP contribution < -0.4 is 16.2 Å². The molecule has 0 bridgehead atoms. The highest BCUT2D eigenvalue weighted by Gasteiger charge is 2.25. The third kappa shape index (κ3) is 5.47. The maximum Gasteiger partial charge on any atom is 0.289 e. The summed E-state index contributed by atoms with van der Waals surface area (Å²) in [7, 11) is 0. The summed E-state index contributed by atoms with van der Waals surface area (Å²) in [4.78, 5) is 20.3. The van der Waals surface area contributed by atoms with Gasteiger partial charge in [-0.25, -0.2) is 14.7 Å². The van der Waals surface area contributed by atoms with Crippen LogP contribution in [0.15, 0.2) is 46.2 Å². The largest absolute Gasteiger partial charge is 0.367 e. The van der Waals surface area contributed by atoms with E-state index in [2.05, 4.69) is 42.6 Å². The second kappa shape index (κ2) is 9.42. The third-order valence-corrected chi connectivity index (χ3v) is 4.87. The lowest BCUT2D eigenvalue weighted by Crippen LogP contribution is -2.27. The summed E-state index contributed by atoms with van der Waals surface area (Å²) in [5.41, 5.74) is 1.04. The molecule has 0 spiro atoms. The molecule has 2 aromatic rings. The summed E-state index contributed by atoms with van der Waals surface area (Å²) in [6.45, 7) is 7.24. The van der Waals surface area contributed by atoms with Crippen molar-refractivity contribution in [3.8, 4) is 0 Å². The molecule has 0 amide bonds. The molecule has 2 heterocycles. The Morgan fingerprint density at radius 2 is 2.14 bits per heavy atom. The molecule has 2 aromatic heterocycles. The summed E-state index contributed by atoms with van der Waals surface area (Å²) < 4.78 is 1.24. The van der Waals surface area contributed by atoms with Crippen LogP contribution in [-0.4, -0.2) is 43.8 Å². The van der Waals surface area contributed by atoms with E-state index in [4.69, 9.17) is 11.6 Å². The molecule has 0 aliphatic heterocycles. The van der Waals surface area contributed by atoms with Crippen LogP contribution in [0, 0.1) is 6.92 Å². The number of aromatic nitrogens is 5. The highest BCUT2D eigenvalue weighted by molar-refractivity contribution is 6.30. The van der Waals surface area contributed by atoms with Crippen LogP contribution in [0.25, 0.3) is 5.70 Å². The van der Waals surface area contributed by atoms with E-state index in [1.54, 1.807) is 25.3 Å². The number of nitrogens with zero attached hydrogens (tertiary/aromatic N) is 6. The second-order valence-corrected chi connectivity index (χ2v) is 7.24. The van der Waals surface area contributed by atoms with Gasteiger partial charge in [0.25, 0.3) is 5.56 Å². The molecule has 2 N–H and O–H groups in total. The normalized spacial score (nSPS) is 19.8. The van der Waals surface area contributed by atoms with E-state index in [0.717, 1.165) is 25.0 Å². The van der Waals surface area contributed by atoms with Crippen molar-refractivity contribution in [3.05, 3.63) is 57.5 Å². The molecule has 0 unspecified atom stereocenters. The molecular formula is C19H23ClN8O. The topological polar surface area (TPSA) is 110 Å². The molecule has 1 aliphatic rings. The molecule has 152 valence electrons. The first-order chi connectivity index (χ1) is 14.0. The maximum atomic E-state index is 12.0. The van der Waals surface area contributed by atoms with Crippen LogP contribution in [-0.2, 0) is 0 Å². The zero-order chi connectivity index (χ0) is 20.8. The number of anilines is 1. The summed E-state index contributed by atoms with van der Waals surface area (Å²) in [5.74, 6) is 1.16. The zero-order valence-corrected chi connectivity index (χ0v) is 17.1. The van der Waals surface area contributed by atoms with Crippen LogP contribution >= 0.6 is 11.6 Å². The predicted octanol–water partition coefficient (Wildman–Crippen LogP) is 2.42. The van der Waals surface area contributed by atoms with Crippen molar-refractivity contribution in [2.45, 2.75) is 45.2 Å². The SMILES string of the molecule is C=N/C(=C\C=C(/C)n1nccc(Cl)c1=O)N[C@H]1CC[C@H](Nc2ncc(C)nn2)C1. The minimum absolute atomic E-state index is 0.120. The Kier molecular flexibility index (Phi) is 6.71. The Bertz CT molecular complexity index is 982. The van der Waals surface area contributed by atoms with E-state index in [0.29, 0.717) is 17.5 Å². The molecule has 29 heavy (non-hydrogen) atoms. The van der Waals surface area contributed by atoms with Gasteiger partial charge in [0.1, 0.15) is 10.8 Å². The van der Waals surface area contributed by atoms with Gasteiger partial charge in [-0.1, -0.05) is 11.6 Å². The lowest BCUT2D eigenvalue weighted by molar-refractivity contribution is 0.575. The van der Waals surface area contributed by atoms with Gasteiger partial charge in [0.05, 0.1) is 11.9 Å². The van der Waals surface area contributed by atoms with Crippen molar-refractivity contribution in [2.75, 3.05) is 5.32 Å². The third-order valence-electron chi connectivity index (χ3n) is 4.58. The van der Waals surface area contributed by atoms with Gasteiger partial charge in [0, 0.05) is 24.0 Å². The number of allylic oxidation sites excluding steroid dienone is 3. The second-order valence-electron chi connectivity index (χ2n) is 6.83. The van der Waals surface area contributed by atoms with Gasteiger partial charge in [-0.2, -0.15) is 10.2 Å². The quantitative estimate of drug-likeness (QED) is 0.528. The molecule has 3 rings (SSSR count). The van der Waals surface area contributed by atoms with Crippen molar-refractivity contribution in [1.82, 2.24) is 30.3 Å². The van der Waals surface area contributed by atoms with Gasteiger partial charge >= 0.3 is 0 Å². The van der Waals surface area contributed by atoms with Crippen molar-refractivity contribution >= 4 is 30.0 Å². The van der Waals surface area contributed by atoms with Crippen LogP contribution in [0.5, 0.6) is 0 Å². The van der Waals surface area contributed by atoms with E-state index in [-0.39, 0.29) is 22.7 Å². The van der Waals surface area contributed by atoms with Crippen molar-refractivity contribution in [3.63, 3.8) is 0 Å². The molecule has 2 atom stereocenters. The highest BCUT2D eigenvalue weighted by Crippen LogP contribution is 2.22. The lowest BCUT2D eigenvalue weighted by Gasteiger charge is -2.15. The Labute approximate surface area is 173 Å². The molecule has 0 aromatic carbocycles. The Balaban J connectivity index is 1.61. The smallest absolute Gasteiger partial charge is 0.289 e. The Morgan fingerprint density at radius 1 is 1.34 bits per heavy atom. The number of aryl methyl sites for hydroxylation is 1. The fourth-order valence-corrected chi connectivity index (χ4v) is 3.23. The van der Waals surface area contributed by atoms with Gasteiger partial charge in [-0.05, 0) is 58.0 Å². The number of hydrogen-bond donors (Lipinski definition) is 2. The number of nitrogens with one attached hydrogen (secondary N) is 2. The van der Waals surface area contributed by atoms with E-state index in [9.17, 15) is 4.79 Å². The fourth-order valence-electron chi connectivity index (χ4n) is 3.09. The minimum atomic E-state index is -0.366. The average Bonchev–Trinajstić information content (AvgIpc) is 3.15. The summed E-state index contributed by atoms with van der Waals surface area (Å²) >= 11 is 5.87. The van der Waals surface area contributed by atoms with Crippen molar-refractivity contribution in [1.29, 1.82) is 0 Å². The number of hydrogen-bond acceptors (Lipinski definition) is 8. The van der Waals surface area contributed by atoms with E-state index < -0.39 is 0 Å². The Morgan fingerprint density at radius 3 is 2.86 bits per heavy atom. The summed E-state index contributed by atoms with van der Waals surface area (Å²) in [6, 6.07) is 1.96. The maximum absolute atomic E-state index is 12.0. The predicted molar refractivity (Wildman–Crippen MR) is 114 cm³/mol. The van der Waals surface area contributed by atoms with E-state index >= 15 is 0 Å². The molecule has 9 nitrogen and oxygen atoms in total. The number of aliphatic imine (C=N–C) groups is 1. The average molecular weight is 415 g/mol. The Hall–Kier alpha value is -3.07. The van der Waals surface area contributed by atoms with Gasteiger partial charge in [0.15, 0.2) is 0 Å². The van der Waals surface area contributed by atoms with E-state index in [1.165, 1.54) is 16.9 Å². The molecule has 0 radical (unpaired) electrons. The molecule has 10 heteroatoms. The first kappa shape index (κ1) is 20.7. The standard InChI is InChI=1S/C19H23ClN8O/c1-12-11-22-19(27-26-12)25-15-6-5-14(10-15)24-17(21-3)7-4-13(2)28-18(29)16(20)8-9-23-28/h4,7-9,11,14-15,24H,3,5-6,10H2,1-2H3,(H,22,25,27)/b13-4+,17-7+/t14-,15-/m0/s1. The highest BCUT2D eigenvalue weighted by atomic mass is 35.5. The fraction of sp³-hybridized carbons (Fsp3) is 0.368. The molecule has 1 aliphatic carbocycles. The van der Waals surface area contributed by atoms with Gasteiger partial charge in [0.2, 0.25) is 5.95 Å². The molecule has 1 fully saturated rings. The van der Waals surface area contributed by atoms with Crippen LogP contribution in [0.2, 0.25) is 5.02 Å². The molecular weight excluding hydrogens is 392 g/mol. The van der Waals surface area contributed by atoms with Crippen LogP contribution in [0.3, 0.4) is 0 Å². The lowest BCUT2D eigenvalue weighted by atomic mass is 10.2. The summed E-state index contributed by atoms with van der Waals surface area (Å²) in [6.07, 6.45) is 9.54.